The Hall–Kier alpha value is -2.99. The molecule has 1 saturated heterocycles. The molecule has 0 radical (unpaired) electrons. The zero-order valence-electron chi connectivity index (χ0n) is 17.3. The number of fused-ring (bicyclic) bond motifs is 2. The molecular formula is C24H26N2O4. The summed E-state index contributed by atoms with van der Waals surface area (Å²) in [6, 6.07) is 9.95. The van der Waals surface area contributed by atoms with Crippen LogP contribution >= 0.6 is 0 Å². The lowest BCUT2D eigenvalue weighted by molar-refractivity contribution is 0.0623. The van der Waals surface area contributed by atoms with Crippen LogP contribution in [0.25, 0.3) is 0 Å². The molecule has 1 aliphatic heterocycles. The van der Waals surface area contributed by atoms with Crippen molar-refractivity contribution in [3.05, 3.63) is 64.2 Å². The summed E-state index contributed by atoms with van der Waals surface area (Å²) in [4.78, 5) is 41.6. The molecule has 6 nitrogen and oxygen atoms in total. The van der Waals surface area contributed by atoms with E-state index in [9.17, 15) is 19.5 Å². The van der Waals surface area contributed by atoms with E-state index in [1.165, 1.54) is 0 Å². The summed E-state index contributed by atoms with van der Waals surface area (Å²) < 4.78 is 0. The van der Waals surface area contributed by atoms with Crippen molar-refractivity contribution in [3.63, 3.8) is 0 Å². The third kappa shape index (κ3) is 3.41. The summed E-state index contributed by atoms with van der Waals surface area (Å²) >= 11 is 0. The monoisotopic (exact) mass is 406 g/mol. The van der Waals surface area contributed by atoms with Crippen LogP contribution < -0.4 is 5.32 Å². The first-order chi connectivity index (χ1) is 14.4. The maximum absolute atomic E-state index is 13.4. The van der Waals surface area contributed by atoms with Gasteiger partial charge in [-0.1, -0.05) is 38.1 Å². The number of likely N-dealkylation sites (tertiary alicyclic amines) is 1. The first-order valence-corrected chi connectivity index (χ1v) is 10.4. The van der Waals surface area contributed by atoms with Gasteiger partial charge < -0.3 is 15.3 Å². The fourth-order valence-corrected chi connectivity index (χ4v) is 4.73. The molecule has 1 aliphatic carbocycles. The molecule has 4 rings (SSSR count). The molecule has 2 N–H and O–H groups in total. The number of carbonyl (C=O) groups excluding carboxylic acids is 3. The predicted molar refractivity (Wildman–Crippen MR) is 114 cm³/mol. The van der Waals surface area contributed by atoms with Gasteiger partial charge in [-0.25, -0.2) is 0 Å². The lowest BCUT2D eigenvalue weighted by Crippen LogP contribution is -2.43. The van der Waals surface area contributed by atoms with E-state index in [2.05, 4.69) is 19.2 Å². The summed E-state index contributed by atoms with van der Waals surface area (Å²) in [5.74, 6) is 0.136. The maximum atomic E-state index is 13.4. The Morgan fingerprint density at radius 2 is 1.63 bits per heavy atom. The molecule has 2 atom stereocenters. The van der Waals surface area contributed by atoms with Gasteiger partial charge in [0, 0.05) is 36.3 Å². The van der Waals surface area contributed by atoms with Gasteiger partial charge in [-0.3, -0.25) is 14.4 Å². The van der Waals surface area contributed by atoms with Crippen molar-refractivity contribution in [2.24, 2.45) is 11.8 Å². The number of nitrogens with zero attached hydrogens (tertiary/aromatic N) is 1. The zero-order valence-corrected chi connectivity index (χ0v) is 17.3. The highest BCUT2D eigenvalue weighted by Gasteiger charge is 2.35. The smallest absolute Gasteiger partial charge is 0.255 e. The molecule has 0 bridgehead atoms. The van der Waals surface area contributed by atoms with Gasteiger partial charge in [0.05, 0.1) is 23.4 Å². The van der Waals surface area contributed by atoms with Crippen LogP contribution in [0.15, 0.2) is 36.4 Å². The molecular weight excluding hydrogens is 380 g/mol. The van der Waals surface area contributed by atoms with E-state index in [0.29, 0.717) is 47.3 Å². The van der Waals surface area contributed by atoms with Crippen LogP contribution in [0.4, 0.5) is 5.69 Å². The Morgan fingerprint density at radius 1 is 1.00 bits per heavy atom. The molecule has 0 unspecified atom stereocenters. The number of anilines is 1. The van der Waals surface area contributed by atoms with Gasteiger partial charge in [0.25, 0.3) is 5.91 Å². The lowest BCUT2D eigenvalue weighted by atomic mass is 9.82. The fraction of sp³-hybridized carbons (Fsp3) is 0.375. The number of piperidine rings is 1. The van der Waals surface area contributed by atoms with Crippen molar-refractivity contribution in [1.82, 2.24) is 4.90 Å². The van der Waals surface area contributed by atoms with Crippen LogP contribution in [0, 0.1) is 11.8 Å². The number of hydrogen-bond acceptors (Lipinski definition) is 5. The predicted octanol–water partition coefficient (Wildman–Crippen LogP) is 2.98. The van der Waals surface area contributed by atoms with Crippen molar-refractivity contribution in [1.29, 1.82) is 0 Å². The molecule has 0 aromatic heterocycles. The minimum absolute atomic E-state index is 0.157. The topological polar surface area (TPSA) is 86.7 Å². The van der Waals surface area contributed by atoms with Gasteiger partial charge in [0.1, 0.15) is 0 Å². The van der Waals surface area contributed by atoms with Crippen LogP contribution in [0.2, 0.25) is 0 Å². The van der Waals surface area contributed by atoms with E-state index in [-0.39, 0.29) is 41.8 Å². The van der Waals surface area contributed by atoms with Gasteiger partial charge in [0.2, 0.25) is 0 Å². The largest absolute Gasteiger partial charge is 0.395 e. The minimum Gasteiger partial charge on any atom is -0.395 e. The van der Waals surface area contributed by atoms with Crippen LogP contribution in [0.5, 0.6) is 0 Å². The molecule has 2 aromatic rings. The van der Waals surface area contributed by atoms with Gasteiger partial charge in [0.15, 0.2) is 11.6 Å². The summed E-state index contributed by atoms with van der Waals surface area (Å²) in [5, 5.41) is 12.4. The summed E-state index contributed by atoms with van der Waals surface area (Å²) in [5.41, 5.74) is 1.93. The van der Waals surface area contributed by atoms with Crippen LogP contribution in [0.3, 0.4) is 0 Å². The van der Waals surface area contributed by atoms with E-state index < -0.39 is 0 Å². The SMILES string of the molecule is C[C@@H]1C[C@H](C)CN(C(=O)c2ccc3c(c2NCCO)C(=O)c2ccccc2C3=O)C1. The molecule has 0 saturated carbocycles. The van der Waals surface area contributed by atoms with E-state index in [0.717, 1.165) is 6.42 Å². The van der Waals surface area contributed by atoms with Crippen LogP contribution in [0.1, 0.15) is 62.5 Å². The Kier molecular flexibility index (Phi) is 5.43. The Bertz CT molecular complexity index is 1020. The number of ketones is 2. The number of aliphatic hydroxyl groups excluding tert-OH is 1. The van der Waals surface area contributed by atoms with Crippen molar-refractivity contribution >= 4 is 23.2 Å². The highest BCUT2D eigenvalue weighted by Crippen LogP contribution is 2.35. The average Bonchev–Trinajstić information content (AvgIpc) is 2.74. The van der Waals surface area contributed by atoms with E-state index in [1.54, 1.807) is 36.4 Å². The number of hydrogen-bond donors (Lipinski definition) is 2. The molecule has 1 heterocycles. The number of rotatable bonds is 4. The molecule has 6 heteroatoms. The van der Waals surface area contributed by atoms with Crippen LogP contribution in [-0.4, -0.2) is 53.7 Å². The van der Waals surface area contributed by atoms with Gasteiger partial charge in [-0.2, -0.15) is 0 Å². The van der Waals surface area contributed by atoms with Crippen molar-refractivity contribution in [2.45, 2.75) is 20.3 Å². The second-order valence-electron chi connectivity index (χ2n) is 8.42. The highest BCUT2D eigenvalue weighted by atomic mass is 16.3. The second kappa shape index (κ2) is 8.03. The van der Waals surface area contributed by atoms with Gasteiger partial charge in [-0.05, 0) is 30.4 Å². The summed E-state index contributed by atoms with van der Waals surface area (Å²) in [6.07, 6.45) is 1.08. The van der Waals surface area contributed by atoms with Crippen molar-refractivity contribution in [2.75, 3.05) is 31.6 Å². The fourth-order valence-electron chi connectivity index (χ4n) is 4.73. The first-order valence-electron chi connectivity index (χ1n) is 10.4. The zero-order chi connectivity index (χ0) is 21.4. The molecule has 156 valence electrons. The Balaban J connectivity index is 1.82. The minimum atomic E-state index is -0.282. The molecule has 0 spiro atoms. The van der Waals surface area contributed by atoms with Crippen LogP contribution in [-0.2, 0) is 0 Å². The van der Waals surface area contributed by atoms with Gasteiger partial charge in [-0.15, -0.1) is 0 Å². The molecule has 2 aliphatic rings. The number of benzene rings is 2. The Morgan fingerprint density at radius 3 is 2.27 bits per heavy atom. The van der Waals surface area contributed by atoms with Crippen molar-refractivity contribution < 1.29 is 19.5 Å². The number of nitrogens with one attached hydrogen (secondary N) is 1. The third-order valence-corrected chi connectivity index (χ3v) is 5.89. The van der Waals surface area contributed by atoms with E-state index in [1.807, 2.05) is 4.90 Å². The molecule has 1 amide bonds. The highest BCUT2D eigenvalue weighted by molar-refractivity contribution is 6.31. The third-order valence-electron chi connectivity index (χ3n) is 5.89. The summed E-state index contributed by atoms with van der Waals surface area (Å²) in [7, 11) is 0. The normalized spacial score (nSPS) is 20.6. The molecule has 1 fully saturated rings. The maximum Gasteiger partial charge on any atom is 0.255 e. The summed E-state index contributed by atoms with van der Waals surface area (Å²) in [6.45, 7) is 5.60. The number of amides is 1. The van der Waals surface area contributed by atoms with Crippen molar-refractivity contribution in [3.8, 4) is 0 Å². The first kappa shape index (κ1) is 20.3. The molecule has 2 aromatic carbocycles. The molecule has 30 heavy (non-hydrogen) atoms. The Labute approximate surface area is 175 Å². The standard InChI is InChI=1S/C24H26N2O4/c1-14-11-15(2)13-26(12-14)24(30)19-8-7-18-20(21(19)25-9-10-27)23(29)17-6-4-3-5-16(17)22(18)28/h3-8,14-15,25,27H,9-13H2,1-2H3/t14-,15+. The lowest BCUT2D eigenvalue weighted by Gasteiger charge is -2.35. The second-order valence-corrected chi connectivity index (χ2v) is 8.42. The number of carbonyl (C=O) groups is 3. The van der Waals surface area contributed by atoms with E-state index >= 15 is 0 Å². The quantitative estimate of drug-likeness (QED) is 0.696. The average molecular weight is 406 g/mol. The number of aliphatic hydroxyl groups is 1. The van der Waals surface area contributed by atoms with Gasteiger partial charge >= 0.3 is 0 Å². The van der Waals surface area contributed by atoms with E-state index in [4.69, 9.17) is 0 Å².